The van der Waals surface area contributed by atoms with E-state index in [0.29, 0.717) is 17.0 Å². The van der Waals surface area contributed by atoms with Gasteiger partial charge in [0, 0.05) is 18.1 Å². The highest BCUT2D eigenvalue weighted by Crippen LogP contribution is 2.28. The first-order valence-electron chi connectivity index (χ1n) is 7.06. The molecule has 3 rings (SSSR count). The highest BCUT2D eigenvalue weighted by atomic mass is 35.5. The Bertz CT molecular complexity index is 763. The van der Waals surface area contributed by atoms with Gasteiger partial charge in [0.2, 0.25) is 10.0 Å². The largest absolute Gasteiger partial charge is 0.439 e. The zero-order valence-corrected chi connectivity index (χ0v) is 13.9. The van der Waals surface area contributed by atoms with Crippen molar-refractivity contribution in [3.8, 4) is 0 Å². The van der Waals surface area contributed by atoms with Crippen molar-refractivity contribution in [2.24, 2.45) is 0 Å². The van der Waals surface area contributed by atoms with Crippen molar-refractivity contribution in [2.75, 3.05) is 19.7 Å². The first-order valence-corrected chi connectivity index (χ1v) is 8.87. The van der Waals surface area contributed by atoms with Gasteiger partial charge in [-0.05, 0) is 31.0 Å². The van der Waals surface area contributed by atoms with Crippen LogP contribution in [-0.4, -0.2) is 55.4 Å². The minimum absolute atomic E-state index is 0.0646. The maximum absolute atomic E-state index is 12.8. The number of halogens is 1. The van der Waals surface area contributed by atoms with Crippen LogP contribution in [0.15, 0.2) is 23.1 Å². The quantitative estimate of drug-likeness (QED) is 0.815. The minimum atomic E-state index is -3.73. The molecule has 2 aliphatic heterocycles. The number of amides is 2. The molecule has 7 nitrogen and oxygen atoms in total. The predicted molar refractivity (Wildman–Crippen MR) is 81.5 cm³/mol. The van der Waals surface area contributed by atoms with Crippen LogP contribution in [0.1, 0.15) is 12.0 Å². The first kappa shape index (κ1) is 16.2. The van der Waals surface area contributed by atoms with Gasteiger partial charge in [-0.1, -0.05) is 17.7 Å². The Kier molecular flexibility index (Phi) is 4.07. The molecule has 9 heteroatoms. The van der Waals surface area contributed by atoms with Crippen LogP contribution in [0.5, 0.6) is 0 Å². The maximum atomic E-state index is 12.8. The maximum Gasteiger partial charge on any atom is 0.417 e. The Morgan fingerprint density at radius 2 is 2.04 bits per heavy atom. The number of carbonyl (C=O) groups is 2. The van der Waals surface area contributed by atoms with E-state index in [9.17, 15) is 18.0 Å². The van der Waals surface area contributed by atoms with Crippen LogP contribution in [0.25, 0.3) is 0 Å². The zero-order chi connectivity index (χ0) is 16.8. The lowest BCUT2D eigenvalue weighted by Crippen LogP contribution is -2.42. The molecule has 1 aromatic rings. The second kappa shape index (κ2) is 5.77. The van der Waals surface area contributed by atoms with Crippen LogP contribution < -0.4 is 0 Å². The number of nitrogens with zero attached hydrogens (tertiary/aromatic N) is 2. The van der Waals surface area contributed by atoms with Gasteiger partial charge in [0.25, 0.3) is 5.91 Å². The molecule has 2 fully saturated rings. The van der Waals surface area contributed by atoms with Crippen LogP contribution in [0.3, 0.4) is 0 Å². The fourth-order valence-corrected chi connectivity index (χ4v) is 4.83. The summed E-state index contributed by atoms with van der Waals surface area (Å²) in [5.74, 6) is -0.432. The smallest absolute Gasteiger partial charge is 0.417 e. The number of carbonyl (C=O) groups excluding carboxylic acids is 2. The molecule has 2 saturated heterocycles. The van der Waals surface area contributed by atoms with Gasteiger partial charge < -0.3 is 4.74 Å². The fraction of sp³-hybridized carbons (Fsp3) is 0.429. The van der Waals surface area contributed by atoms with Crippen LogP contribution in [0.2, 0.25) is 5.02 Å². The molecular formula is C14H15ClN2O5S. The van der Waals surface area contributed by atoms with Crippen molar-refractivity contribution in [3.05, 3.63) is 28.8 Å². The summed E-state index contributed by atoms with van der Waals surface area (Å²) >= 11 is 5.90. The van der Waals surface area contributed by atoms with Crippen molar-refractivity contribution < 1.29 is 22.7 Å². The van der Waals surface area contributed by atoms with E-state index in [-0.39, 0.29) is 24.6 Å². The first-order chi connectivity index (χ1) is 10.8. The van der Waals surface area contributed by atoms with Crippen LogP contribution >= 0.6 is 11.6 Å². The molecule has 1 atom stereocenters. The average molecular weight is 359 g/mol. The number of ether oxygens (including phenoxy) is 1. The number of rotatable bonds is 3. The minimum Gasteiger partial charge on any atom is -0.439 e. The third kappa shape index (κ3) is 2.82. The molecule has 124 valence electrons. The summed E-state index contributed by atoms with van der Waals surface area (Å²) in [6, 6.07) is 4.19. The highest BCUT2D eigenvalue weighted by molar-refractivity contribution is 7.89. The van der Waals surface area contributed by atoms with E-state index in [1.807, 2.05) is 0 Å². The lowest BCUT2D eigenvalue weighted by Gasteiger charge is -2.21. The highest BCUT2D eigenvalue weighted by Gasteiger charge is 2.43. The molecule has 23 heavy (non-hydrogen) atoms. The van der Waals surface area contributed by atoms with Crippen LogP contribution in [0, 0.1) is 6.92 Å². The molecule has 0 saturated carbocycles. The van der Waals surface area contributed by atoms with E-state index < -0.39 is 28.1 Å². The van der Waals surface area contributed by atoms with Gasteiger partial charge in [-0.3, -0.25) is 4.79 Å². The summed E-state index contributed by atoms with van der Waals surface area (Å²) in [6.45, 7) is 1.71. The van der Waals surface area contributed by atoms with Gasteiger partial charge in [0.05, 0.1) is 10.9 Å². The second-order valence-electron chi connectivity index (χ2n) is 5.53. The van der Waals surface area contributed by atoms with Crippen molar-refractivity contribution in [2.45, 2.75) is 24.3 Å². The van der Waals surface area contributed by atoms with Gasteiger partial charge in [-0.15, -0.1) is 0 Å². The van der Waals surface area contributed by atoms with E-state index in [0.717, 1.165) is 4.90 Å². The standard InChI is InChI=1S/C14H15ClN2O5S/c1-9-2-3-10(15)6-12(9)23(20,21)16-5-4-11(7-16)17-13(18)8-22-14(17)19/h2-3,6,11H,4-5,7-8H2,1H3. The Hall–Kier alpha value is -1.64. The normalized spacial score (nSPS) is 22.7. The lowest BCUT2D eigenvalue weighted by molar-refractivity contribution is -0.127. The molecule has 1 aromatic carbocycles. The van der Waals surface area contributed by atoms with Crippen molar-refractivity contribution in [1.82, 2.24) is 9.21 Å². The zero-order valence-electron chi connectivity index (χ0n) is 12.4. The SMILES string of the molecule is Cc1ccc(Cl)cc1S(=O)(=O)N1CCC(N2C(=O)COC2=O)C1. The Balaban J connectivity index is 1.84. The molecule has 2 heterocycles. The summed E-state index contributed by atoms with van der Waals surface area (Å²) in [4.78, 5) is 24.4. The van der Waals surface area contributed by atoms with Gasteiger partial charge >= 0.3 is 6.09 Å². The third-order valence-corrected chi connectivity index (χ3v) is 6.29. The van der Waals surface area contributed by atoms with Crippen molar-refractivity contribution >= 4 is 33.6 Å². The summed E-state index contributed by atoms with van der Waals surface area (Å²) in [6.07, 6.45) is -0.321. The lowest BCUT2D eigenvalue weighted by atomic mass is 10.2. The van der Waals surface area contributed by atoms with Crippen LogP contribution in [0.4, 0.5) is 4.79 Å². The van der Waals surface area contributed by atoms with Crippen molar-refractivity contribution in [1.29, 1.82) is 0 Å². The van der Waals surface area contributed by atoms with Crippen LogP contribution in [-0.2, 0) is 19.6 Å². The van der Waals surface area contributed by atoms with Gasteiger partial charge in [0.1, 0.15) is 0 Å². The van der Waals surface area contributed by atoms with Crippen molar-refractivity contribution in [3.63, 3.8) is 0 Å². The molecule has 0 aliphatic carbocycles. The number of imide groups is 1. The van der Waals surface area contributed by atoms with E-state index in [4.69, 9.17) is 11.6 Å². The summed E-state index contributed by atoms with van der Waals surface area (Å²) in [5.41, 5.74) is 0.592. The van der Waals surface area contributed by atoms with E-state index >= 15 is 0 Å². The molecule has 0 aromatic heterocycles. The average Bonchev–Trinajstić information content (AvgIpc) is 3.09. The Morgan fingerprint density at radius 1 is 1.30 bits per heavy atom. The molecule has 0 spiro atoms. The molecule has 0 bridgehead atoms. The summed E-state index contributed by atoms with van der Waals surface area (Å²) in [7, 11) is -3.73. The molecule has 0 N–H and O–H groups in total. The fourth-order valence-electron chi connectivity index (χ4n) is 2.85. The number of sulfonamides is 1. The third-order valence-electron chi connectivity index (χ3n) is 4.04. The van der Waals surface area contributed by atoms with Gasteiger partial charge in [-0.25, -0.2) is 18.1 Å². The Labute approximate surface area is 138 Å². The van der Waals surface area contributed by atoms with Gasteiger partial charge in [0.15, 0.2) is 6.61 Å². The summed E-state index contributed by atoms with van der Waals surface area (Å²) in [5, 5.41) is 0.336. The predicted octanol–water partition coefficient (Wildman–Crippen LogP) is 1.39. The number of benzene rings is 1. The molecule has 0 radical (unpaired) electrons. The molecule has 1 unspecified atom stereocenters. The Morgan fingerprint density at radius 3 is 2.70 bits per heavy atom. The number of hydrogen-bond donors (Lipinski definition) is 0. The number of hydrogen-bond acceptors (Lipinski definition) is 5. The topological polar surface area (TPSA) is 84.0 Å². The van der Waals surface area contributed by atoms with E-state index in [1.165, 1.54) is 10.4 Å². The monoisotopic (exact) mass is 358 g/mol. The molecular weight excluding hydrogens is 344 g/mol. The summed E-state index contributed by atoms with van der Waals surface area (Å²) < 4.78 is 31.5. The van der Waals surface area contributed by atoms with E-state index in [2.05, 4.69) is 4.74 Å². The molecule has 2 amide bonds. The number of cyclic esters (lactones) is 1. The second-order valence-corrected chi connectivity index (χ2v) is 7.88. The van der Waals surface area contributed by atoms with Gasteiger partial charge in [-0.2, -0.15) is 4.31 Å². The molecule has 2 aliphatic rings. The van der Waals surface area contributed by atoms with E-state index in [1.54, 1.807) is 19.1 Å². The number of aryl methyl sites for hydroxylation is 1.